The minimum absolute atomic E-state index is 0.0654. The van der Waals surface area contributed by atoms with Crippen molar-refractivity contribution in [2.24, 2.45) is 11.7 Å². The second kappa shape index (κ2) is 10.4. The van der Waals surface area contributed by atoms with Crippen LogP contribution < -0.4 is 21.3 Å². The molecule has 3 amide bonds. The number of anilines is 3. The topological polar surface area (TPSA) is 113 Å². The molecule has 8 nitrogen and oxygen atoms in total. The van der Waals surface area contributed by atoms with Crippen molar-refractivity contribution in [2.75, 3.05) is 28.6 Å². The molecule has 3 aromatic rings. The van der Waals surface area contributed by atoms with Gasteiger partial charge in [-0.25, -0.2) is 9.18 Å². The van der Waals surface area contributed by atoms with Gasteiger partial charge in [0.25, 0.3) is 0 Å². The van der Waals surface area contributed by atoms with Gasteiger partial charge >= 0.3 is 6.03 Å². The lowest BCUT2D eigenvalue weighted by Gasteiger charge is -2.43. The van der Waals surface area contributed by atoms with E-state index in [0.29, 0.717) is 60.9 Å². The maximum Gasteiger partial charge on any atom is 0.323 e. The van der Waals surface area contributed by atoms with E-state index in [2.05, 4.69) is 15.8 Å². The van der Waals surface area contributed by atoms with Crippen LogP contribution in [-0.2, 0) is 10.2 Å². The number of carbonyl (C=O) groups is 2. The third kappa shape index (κ3) is 4.78. The van der Waals surface area contributed by atoms with Crippen LogP contribution in [0, 0.1) is 25.6 Å². The zero-order valence-corrected chi connectivity index (χ0v) is 20.8. The van der Waals surface area contributed by atoms with Crippen LogP contribution in [0.1, 0.15) is 43.2 Å². The average Bonchev–Trinajstić information content (AvgIpc) is 3.18. The molecule has 1 unspecified atom stereocenters. The van der Waals surface area contributed by atoms with Gasteiger partial charge in [-0.1, -0.05) is 42.4 Å². The molecule has 190 valence electrons. The monoisotopic (exact) mass is 493 g/mol. The predicted molar refractivity (Wildman–Crippen MR) is 138 cm³/mol. The molecule has 1 aliphatic heterocycles. The molecule has 1 atom stereocenters. The van der Waals surface area contributed by atoms with Crippen molar-refractivity contribution < 1.29 is 18.5 Å². The molecule has 4 N–H and O–H groups in total. The number of amides is 3. The average molecular weight is 494 g/mol. The molecule has 1 saturated heterocycles. The third-order valence-electron chi connectivity index (χ3n) is 7.30. The molecule has 0 aliphatic carbocycles. The van der Waals surface area contributed by atoms with Crippen LogP contribution in [0.25, 0.3) is 0 Å². The summed E-state index contributed by atoms with van der Waals surface area (Å²) in [6.07, 6.45) is 2.04. The number of piperidine rings is 1. The highest BCUT2D eigenvalue weighted by Gasteiger charge is 2.45. The van der Waals surface area contributed by atoms with E-state index in [1.54, 1.807) is 26.0 Å². The summed E-state index contributed by atoms with van der Waals surface area (Å²) in [6.45, 7) is 6.61. The summed E-state index contributed by atoms with van der Waals surface area (Å²) < 4.78 is 20.1. The van der Waals surface area contributed by atoms with Crippen molar-refractivity contribution in [3.05, 3.63) is 71.4 Å². The zero-order chi connectivity index (χ0) is 25.9. The van der Waals surface area contributed by atoms with Crippen LogP contribution in [0.3, 0.4) is 0 Å². The summed E-state index contributed by atoms with van der Waals surface area (Å²) in [5.41, 5.74) is 8.01. The lowest BCUT2D eigenvalue weighted by atomic mass is 9.64. The minimum atomic E-state index is -0.742. The molecular formula is C27H32FN5O3. The number of aryl methyl sites for hydroxylation is 2. The number of halogens is 1. The SMILES string of the molecule is CCC(C(N)=O)(c1ccccc1)C1CCN(c2ccc(NC(=O)Nc3c(C)noc3C)cc2F)CC1. The molecule has 4 rings (SSSR count). The van der Waals surface area contributed by atoms with E-state index in [-0.39, 0.29) is 11.8 Å². The first kappa shape index (κ1) is 25.2. The van der Waals surface area contributed by atoms with Gasteiger partial charge in [0.2, 0.25) is 5.91 Å². The number of aromatic nitrogens is 1. The van der Waals surface area contributed by atoms with Gasteiger partial charge in [-0.3, -0.25) is 4.79 Å². The van der Waals surface area contributed by atoms with Gasteiger partial charge in [-0.2, -0.15) is 0 Å². The molecule has 36 heavy (non-hydrogen) atoms. The summed E-state index contributed by atoms with van der Waals surface area (Å²) in [7, 11) is 0. The lowest BCUT2D eigenvalue weighted by Crippen LogP contribution is -2.50. The van der Waals surface area contributed by atoms with Crippen LogP contribution in [0.4, 0.5) is 26.2 Å². The maximum absolute atomic E-state index is 15.1. The Labute approximate surface area is 210 Å². The Hall–Kier alpha value is -3.88. The molecule has 0 spiro atoms. The number of nitrogens with zero attached hydrogens (tertiary/aromatic N) is 2. The van der Waals surface area contributed by atoms with E-state index in [1.807, 2.05) is 42.2 Å². The standard InChI is InChI=1S/C27H32FN5O3/c1-4-27(25(29)34,19-8-6-5-7-9-19)20-12-14-33(15-13-20)23-11-10-21(16-22(23)28)30-26(35)31-24-17(2)32-36-18(24)3/h5-11,16,20H,4,12-15H2,1-3H3,(H2,29,34)(H2,30,31,35). The zero-order valence-electron chi connectivity index (χ0n) is 20.8. The number of carbonyl (C=O) groups excluding carboxylic acids is 2. The first-order chi connectivity index (χ1) is 17.3. The first-order valence-corrected chi connectivity index (χ1v) is 12.2. The minimum Gasteiger partial charge on any atom is -0.369 e. The molecule has 2 heterocycles. The second-order valence-electron chi connectivity index (χ2n) is 9.26. The Morgan fingerprint density at radius 3 is 2.39 bits per heavy atom. The van der Waals surface area contributed by atoms with Gasteiger partial charge in [0, 0.05) is 18.8 Å². The Morgan fingerprint density at radius 2 is 1.83 bits per heavy atom. The molecule has 1 fully saturated rings. The fourth-order valence-corrected chi connectivity index (χ4v) is 5.37. The Balaban J connectivity index is 1.43. The molecule has 1 aliphatic rings. The van der Waals surface area contributed by atoms with Gasteiger partial charge in [-0.05, 0) is 62.8 Å². The summed E-state index contributed by atoms with van der Waals surface area (Å²) in [5.74, 6) is -0.187. The van der Waals surface area contributed by atoms with Gasteiger partial charge < -0.3 is 25.8 Å². The highest BCUT2D eigenvalue weighted by atomic mass is 19.1. The van der Waals surface area contributed by atoms with Crippen LogP contribution in [0.5, 0.6) is 0 Å². The fraction of sp³-hybridized carbons (Fsp3) is 0.370. The second-order valence-corrected chi connectivity index (χ2v) is 9.26. The number of urea groups is 1. The highest BCUT2D eigenvalue weighted by Crippen LogP contribution is 2.42. The number of primary amides is 1. The molecule has 0 radical (unpaired) electrons. The van der Waals surface area contributed by atoms with Crippen LogP contribution in [0.15, 0.2) is 53.1 Å². The first-order valence-electron chi connectivity index (χ1n) is 12.2. The van der Waals surface area contributed by atoms with E-state index in [9.17, 15) is 9.59 Å². The quantitative estimate of drug-likeness (QED) is 0.423. The number of rotatable bonds is 7. The smallest absolute Gasteiger partial charge is 0.323 e. The van der Waals surface area contributed by atoms with Crippen molar-refractivity contribution in [3.8, 4) is 0 Å². The molecule has 2 aromatic carbocycles. The fourth-order valence-electron chi connectivity index (χ4n) is 5.37. The number of hydrogen-bond donors (Lipinski definition) is 3. The normalized spacial score (nSPS) is 15.8. The highest BCUT2D eigenvalue weighted by molar-refractivity contribution is 6.00. The molecule has 0 saturated carbocycles. The van der Waals surface area contributed by atoms with Crippen molar-refractivity contribution in [1.29, 1.82) is 0 Å². The summed E-state index contributed by atoms with van der Waals surface area (Å²) in [4.78, 5) is 27.0. The summed E-state index contributed by atoms with van der Waals surface area (Å²) in [5, 5.41) is 9.11. The van der Waals surface area contributed by atoms with Crippen LogP contribution in [0.2, 0.25) is 0 Å². The maximum atomic E-state index is 15.1. The van der Waals surface area contributed by atoms with Gasteiger partial charge in [-0.15, -0.1) is 0 Å². The van der Waals surface area contributed by atoms with E-state index in [4.69, 9.17) is 10.3 Å². The van der Waals surface area contributed by atoms with Gasteiger partial charge in [0.1, 0.15) is 17.2 Å². The van der Waals surface area contributed by atoms with Crippen molar-refractivity contribution in [1.82, 2.24) is 5.16 Å². The predicted octanol–water partition coefficient (Wildman–Crippen LogP) is 5.12. The van der Waals surface area contributed by atoms with Crippen LogP contribution >= 0.6 is 0 Å². The number of nitrogens with two attached hydrogens (primary N) is 1. The van der Waals surface area contributed by atoms with E-state index >= 15 is 4.39 Å². The Morgan fingerprint density at radius 1 is 1.14 bits per heavy atom. The molecule has 0 bridgehead atoms. The van der Waals surface area contributed by atoms with Gasteiger partial charge in [0.05, 0.1) is 11.1 Å². The summed E-state index contributed by atoms with van der Waals surface area (Å²) >= 11 is 0. The van der Waals surface area contributed by atoms with E-state index in [1.165, 1.54) is 6.07 Å². The summed E-state index contributed by atoms with van der Waals surface area (Å²) in [6, 6.07) is 13.8. The van der Waals surface area contributed by atoms with Crippen LogP contribution in [-0.4, -0.2) is 30.2 Å². The molecular weight excluding hydrogens is 461 g/mol. The van der Waals surface area contributed by atoms with Crippen molar-refractivity contribution >= 4 is 29.0 Å². The molecule has 1 aromatic heterocycles. The largest absolute Gasteiger partial charge is 0.369 e. The molecule has 9 heteroatoms. The number of nitrogens with one attached hydrogen (secondary N) is 2. The number of hydrogen-bond acceptors (Lipinski definition) is 5. The van der Waals surface area contributed by atoms with Crippen molar-refractivity contribution in [3.63, 3.8) is 0 Å². The Bertz CT molecular complexity index is 1220. The van der Waals surface area contributed by atoms with Gasteiger partial charge in [0.15, 0.2) is 5.76 Å². The number of benzene rings is 2. The van der Waals surface area contributed by atoms with E-state index < -0.39 is 17.3 Å². The van der Waals surface area contributed by atoms with Crippen molar-refractivity contribution in [2.45, 2.75) is 45.4 Å². The lowest BCUT2D eigenvalue weighted by molar-refractivity contribution is -0.126. The third-order valence-corrected chi connectivity index (χ3v) is 7.30. The van der Waals surface area contributed by atoms with E-state index in [0.717, 1.165) is 5.56 Å². The Kier molecular flexibility index (Phi) is 7.28.